The summed E-state index contributed by atoms with van der Waals surface area (Å²) in [4.78, 5) is 16.3. The number of carbonyl (C=O) groups is 1. The zero-order valence-corrected chi connectivity index (χ0v) is 17.5. The van der Waals surface area contributed by atoms with Crippen LogP contribution in [0.15, 0.2) is 78.9 Å². The fraction of sp³-hybridized carbons (Fsp3) is 0.192. The van der Waals surface area contributed by atoms with Crippen LogP contribution < -0.4 is 0 Å². The van der Waals surface area contributed by atoms with Crippen LogP contribution in [0.2, 0.25) is 0 Å². The first-order valence-corrected chi connectivity index (χ1v) is 10.5. The summed E-state index contributed by atoms with van der Waals surface area (Å²) < 4.78 is 1.97. The number of aryl methyl sites for hydroxylation is 3. The molecule has 4 aromatic rings. The molecule has 4 rings (SSSR count). The molecule has 0 aliphatic heterocycles. The van der Waals surface area contributed by atoms with Crippen molar-refractivity contribution in [2.24, 2.45) is 0 Å². The molecule has 1 heterocycles. The van der Waals surface area contributed by atoms with Crippen LogP contribution in [0.25, 0.3) is 11.1 Å². The van der Waals surface area contributed by atoms with E-state index in [-0.39, 0.29) is 0 Å². The zero-order chi connectivity index (χ0) is 21.6. The number of aromatic nitrogens is 3. The van der Waals surface area contributed by atoms with Gasteiger partial charge in [0.2, 0.25) is 0 Å². The average Bonchev–Trinajstić information content (AvgIpc) is 3.20. The molecule has 0 saturated carbocycles. The van der Waals surface area contributed by atoms with Crippen molar-refractivity contribution in [3.8, 4) is 11.1 Å². The molecular formula is C26H25N3O2. The van der Waals surface area contributed by atoms with E-state index < -0.39 is 5.97 Å². The number of benzene rings is 3. The van der Waals surface area contributed by atoms with Crippen molar-refractivity contribution in [2.75, 3.05) is 0 Å². The van der Waals surface area contributed by atoms with Crippen molar-refractivity contribution >= 4 is 5.97 Å². The molecule has 0 atom stereocenters. The van der Waals surface area contributed by atoms with E-state index in [9.17, 15) is 9.90 Å². The first kappa shape index (κ1) is 20.5. The molecule has 0 bridgehead atoms. The number of hydrogen-bond acceptors (Lipinski definition) is 3. The number of nitrogens with zero attached hydrogens (tertiary/aromatic N) is 3. The summed E-state index contributed by atoms with van der Waals surface area (Å²) in [5.74, 6) is 0.899. The lowest BCUT2D eigenvalue weighted by molar-refractivity contribution is 0.0697. The topological polar surface area (TPSA) is 68.0 Å². The molecule has 0 saturated heterocycles. The number of rotatable bonds is 8. The smallest absolute Gasteiger partial charge is 0.336 e. The van der Waals surface area contributed by atoms with Crippen LogP contribution in [-0.4, -0.2) is 25.8 Å². The van der Waals surface area contributed by atoms with E-state index in [1.165, 1.54) is 5.56 Å². The maximum atomic E-state index is 11.5. The highest BCUT2D eigenvalue weighted by Gasteiger charge is 2.12. The highest BCUT2D eigenvalue weighted by Crippen LogP contribution is 2.24. The Balaban J connectivity index is 1.49. The molecule has 5 heteroatoms. The van der Waals surface area contributed by atoms with Crippen molar-refractivity contribution in [1.29, 1.82) is 0 Å². The van der Waals surface area contributed by atoms with E-state index >= 15 is 0 Å². The van der Waals surface area contributed by atoms with E-state index in [0.29, 0.717) is 12.0 Å². The molecule has 156 valence electrons. The van der Waals surface area contributed by atoms with Gasteiger partial charge in [-0.15, -0.1) is 0 Å². The summed E-state index contributed by atoms with van der Waals surface area (Å²) in [6.07, 6.45) is 2.42. The standard InChI is InChI=1S/C26H25N3O2/c1-2-29-25(27-24(28-29)17-14-19-8-4-3-5-9-19)18-20-12-15-21(16-13-20)22-10-6-7-11-23(22)26(30)31/h3-13,15-16H,2,14,17-18H2,1H3,(H,30,31). The average molecular weight is 412 g/mol. The van der Waals surface area contributed by atoms with Gasteiger partial charge in [0.05, 0.1) is 5.56 Å². The van der Waals surface area contributed by atoms with E-state index in [1.54, 1.807) is 12.1 Å². The van der Waals surface area contributed by atoms with Crippen LogP contribution in [0, 0.1) is 0 Å². The largest absolute Gasteiger partial charge is 0.478 e. The Morgan fingerprint density at radius 3 is 2.29 bits per heavy atom. The summed E-state index contributed by atoms with van der Waals surface area (Å²) in [7, 11) is 0. The Morgan fingerprint density at radius 2 is 1.58 bits per heavy atom. The van der Waals surface area contributed by atoms with Crippen molar-refractivity contribution < 1.29 is 9.90 Å². The van der Waals surface area contributed by atoms with Crippen LogP contribution in [0.3, 0.4) is 0 Å². The molecule has 0 aliphatic rings. The Morgan fingerprint density at radius 1 is 0.871 bits per heavy atom. The van der Waals surface area contributed by atoms with E-state index in [2.05, 4.69) is 36.3 Å². The summed E-state index contributed by atoms with van der Waals surface area (Å²) in [5, 5.41) is 14.1. The lowest BCUT2D eigenvalue weighted by atomic mass is 9.98. The van der Waals surface area contributed by atoms with Gasteiger partial charge < -0.3 is 5.11 Å². The predicted octanol–water partition coefficient (Wildman–Crippen LogP) is 5.04. The van der Waals surface area contributed by atoms with Crippen molar-refractivity contribution in [2.45, 2.75) is 32.7 Å². The fourth-order valence-electron chi connectivity index (χ4n) is 3.72. The first-order valence-electron chi connectivity index (χ1n) is 10.5. The maximum absolute atomic E-state index is 11.5. The molecule has 0 amide bonds. The van der Waals surface area contributed by atoms with Crippen molar-refractivity contribution in [3.63, 3.8) is 0 Å². The fourth-order valence-corrected chi connectivity index (χ4v) is 3.72. The highest BCUT2D eigenvalue weighted by atomic mass is 16.4. The Kier molecular flexibility index (Phi) is 6.22. The second-order valence-corrected chi connectivity index (χ2v) is 7.47. The molecule has 0 unspecified atom stereocenters. The van der Waals surface area contributed by atoms with Gasteiger partial charge in [0.15, 0.2) is 5.82 Å². The van der Waals surface area contributed by atoms with Crippen LogP contribution >= 0.6 is 0 Å². The molecule has 0 spiro atoms. The minimum absolute atomic E-state index is 0.309. The summed E-state index contributed by atoms with van der Waals surface area (Å²) in [5.41, 5.74) is 4.33. The summed E-state index contributed by atoms with van der Waals surface area (Å²) >= 11 is 0. The monoisotopic (exact) mass is 411 g/mol. The van der Waals surface area contributed by atoms with Crippen molar-refractivity contribution in [1.82, 2.24) is 14.8 Å². The third kappa shape index (κ3) is 4.89. The van der Waals surface area contributed by atoms with E-state index in [1.807, 2.05) is 47.1 Å². The van der Waals surface area contributed by atoms with Gasteiger partial charge in [0.25, 0.3) is 0 Å². The summed E-state index contributed by atoms with van der Waals surface area (Å²) in [6, 6.07) is 25.5. The second kappa shape index (κ2) is 9.39. The number of carboxylic acid groups (broad SMARTS) is 1. The Hall–Kier alpha value is -3.73. The number of aromatic carboxylic acids is 1. The van der Waals surface area contributed by atoms with Gasteiger partial charge in [-0.1, -0.05) is 72.8 Å². The van der Waals surface area contributed by atoms with Gasteiger partial charge in [-0.2, -0.15) is 5.10 Å². The lowest BCUT2D eigenvalue weighted by Crippen LogP contribution is -2.04. The lowest BCUT2D eigenvalue weighted by Gasteiger charge is -2.08. The summed E-state index contributed by atoms with van der Waals surface area (Å²) in [6.45, 7) is 2.85. The number of carboxylic acids is 1. The maximum Gasteiger partial charge on any atom is 0.336 e. The Labute approximate surface area is 182 Å². The van der Waals surface area contributed by atoms with Gasteiger partial charge in [-0.25, -0.2) is 14.5 Å². The van der Waals surface area contributed by atoms with Gasteiger partial charge in [0, 0.05) is 19.4 Å². The second-order valence-electron chi connectivity index (χ2n) is 7.47. The van der Waals surface area contributed by atoms with Crippen LogP contribution in [-0.2, 0) is 25.8 Å². The normalized spacial score (nSPS) is 10.9. The first-order chi connectivity index (χ1) is 15.1. The van der Waals surface area contributed by atoms with Crippen LogP contribution in [0.4, 0.5) is 0 Å². The third-order valence-corrected chi connectivity index (χ3v) is 5.36. The molecule has 3 aromatic carbocycles. The predicted molar refractivity (Wildman–Crippen MR) is 121 cm³/mol. The van der Waals surface area contributed by atoms with Gasteiger partial charge >= 0.3 is 5.97 Å². The minimum Gasteiger partial charge on any atom is -0.478 e. The van der Waals surface area contributed by atoms with Gasteiger partial charge in [-0.05, 0) is 41.7 Å². The van der Waals surface area contributed by atoms with Crippen molar-refractivity contribution in [3.05, 3.63) is 107 Å². The molecule has 31 heavy (non-hydrogen) atoms. The highest BCUT2D eigenvalue weighted by molar-refractivity contribution is 5.95. The molecule has 1 N–H and O–H groups in total. The molecule has 1 aromatic heterocycles. The minimum atomic E-state index is -0.918. The molecule has 5 nitrogen and oxygen atoms in total. The molecule has 0 fully saturated rings. The quantitative estimate of drug-likeness (QED) is 0.441. The molecular weight excluding hydrogens is 386 g/mol. The van der Waals surface area contributed by atoms with Crippen LogP contribution in [0.1, 0.15) is 40.1 Å². The van der Waals surface area contributed by atoms with E-state index in [0.717, 1.165) is 47.7 Å². The SMILES string of the molecule is CCn1nc(CCc2ccccc2)nc1Cc1ccc(-c2ccccc2C(=O)O)cc1. The molecule has 0 aliphatic carbocycles. The third-order valence-electron chi connectivity index (χ3n) is 5.36. The van der Waals surface area contributed by atoms with E-state index in [4.69, 9.17) is 4.98 Å². The zero-order valence-electron chi connectivity index (χ0n) is 17.5. The Bertz CT molecular complexity index is 1160. The number of hydrogen-bond donors (Lipinski definition) is 1. The molecule has 0 radical (unpaired) electrons. The van der Waals surface area contributed by atoms with Gasteiger partial charge in [-0.3, -0.25) is 0 Å². The van der Waals surface area contributed by atoms with Crippen LogP contribution in [0.5, 0.6) is 0 Å². The van der Waals surface area contributed by atoms with Gasteiger partial charge in [0.1, 0.15) is 5.82 Å².